The average molecular weight is 239 g/mol. The van der Waals surface area contributed by atoms with Gasteiger partial charge in [0.2, 0.25) is 0 Å². The molecule has 1 aromatic rings. The lowest BCUT2D eigenvalue weighted by Crippen LogP contribution is -2.19. The lowest BCUT2D eigenvalue weighted by atomic mass is 10.3. The van der Waals surface area contributed by atoms with Gasteiger partial charge in [-0.25, -0.2) is 4.98 Å². The van der Waals surface area contributed by atoms with Gasteiger partial charge in [0, 0.05) is 6.42 Å². The van der Waals surface area contributed by atoms with Gasteiger partial charge in [-0.15, -0.1) is 0 Å². The number of ketones is 1. The molecule has 0 aliphatic heterocycles. The number of halogens is 3. The molecule has 0 fully saturated rings. The Morgan fingerprint density at radius 3 is 2.80 bits per heavy atom. The molecular formula is C8H8F3NO2S. The number of hydrogen-bond acceptors (Lipinski definition) is 4. The Morgan fingerprint density at radius 2 is 2.27 bits per heavy atom. The van der Waals surface area contributed by atoms with Gasteiger partial charge in [0.1, 0.15) is 0 Å². The van der Waals surface area contributed by atoms with Crippen molar-refractivity contribution in [2.75, 3.05) is 6.61 Å². The van der Waals surface area contributed by atoms with Crippen LogP contribution in [0.2, 0.25) is 0 Å². The van der Waals surface area contributed by atoms with Crippen molar-refractivity contribution >= 4 is 17.1 Å². The zero-order chi connectivity index (χ0) is 11.5. The average Bonchev–Trinajstić information content (AvgIpc) is 2.61. The molecular weight excluding hydrogens is 231 g/mol. The minimum Gasteiger partial charge on any atom is -0.460 e. The van der Waals surface area contributed by atoms with Crippen LogP contribution < -0.4 is 4.74 Å². The zero-order valence-electron chi connectivity index (χ0n) is 7.80. The number of carbonyl (C=O) groups is 1. The first-order valence-corrected chi connectivity index (χ1v) is 4.92. The Labute approximate surface area is 87.9 Å². The van der Waals surface area contributed by atoms with Crippen LogP contribution in [-0.4, -0.2) is 23.6 Å². The third-order valence-electron chi connectivity index (χ3n) is 1.44. The number of thiazole rings is 1. The highest BCUT2D eigenvalue weighted by Gasteiger charge is 2.29. The molecule has 1 aromatic heterocycles. The molecule has 0 atom stereocenters. The van der Waals surface area contributed by atoms with Crippen LogP contribution in [0.15, 0.2) is 6.20 Å². The van der Waals surface area contributed by atoms with E-state index in [4.69, 9.17) is 0 Å². The summed E-state index contributed by atoms with van der Waals surface area (Å²) in [5, 5.41) is -0.135. The third-order valence-corrected chi connectivity index (χ3v) is 2.39. The fourth-order valence-corrected chi connectivity index (χ4v) is 1.55. The fraction of sp³-hybridized carbons (Fsp3) is 0.500. The fourth-order valence-electron chi connectivity index (χ4n) is 0.772. The maximum Gasteiger partial charge on any atom is 0.422 e. The van der Waals surface area contributed by atoms with Gasteiger partial charge in [0.15, 0.2) is 12.4 Å². The van der Waals surface area contributed by atoms with E-state index in [9.17, 15) is 18.0 Å². The zero-order valence-corrected chi connectivity index (χ0v) is 8.61. The molecule has 0 spiro atoms. The quantitative estimate of drug-likeness (QED) is 0.758. The molecule has 7 heteroatoms. The van der Waals surface area contributed by atoms with E-state index in [1.165, 1.54) is 6.20 Å². The summed E-state index contributed by atoms with van der Waals surface area (Å²) in [4.78, 5) is 15.0. The van der Waals surface area contributed by atoms with Gasteiger partial charge in [-0.05, 0) is 0 Å². The van der Waals surface area contributed by atoms with Crippen molar-refractivity contribution < 1.29 is 22.7 Å². The lowest BCUT2D eigenvalue weighted by molar-refractivity contribution is -0.153. The Morgan fingerprint density at radius 1 is 1.60 bits per heavy atom. The van der Waals surface area contributed by atoms with Gasteiger partial charge in [-0.3, -0.25) is 4.79 Å². The largest absolute Gasteiger partial charge is 0.460 e. The topological polar surface area (TPSA) is 39.2 Å². The van der Waals surface area contributed by atoms with Crippen LogP contribution in [0.4, 0.5) is 13.2 Å². The molecule has 0 bridgehead atoms. The summed E-state index contributed by atoms with van der Waals surface area (Å²) < 4.78 is 39.6. The summed E-state index contributed by atoms with van der Waals surface area (Å²) in [5.41, 5.74) is 0. The summed E-state index contributed by atoms with van der Waals surface area (Å²) in [6.07, 6.45) is -2.87. The van der Waals surface area contributed by atoms with Crippen molar-refractivity contribution in [2.24, 2.45) is 0 Å². The highest BCUT2D eigenvalue weighted by molar-refractivity contribution is 7.15. The van der Waals surface area contributed by atoms with E-state index in [0.717, 1.165) is 11.3 Å². The first-order valence-electron chi connectivity index (χ1n) is 4.11. The standard InChI is InChI=1S/C8H8F3NO2S/c1-2-5(13)6-3-12-7(15-6)14-4-8(9,10)11/h3H,2,4H2,1H3. The minimum atomic E-state index is -4.39. The lowest BCUT2D eigenvalue weighted by Gasteiger charge is -2.05. The van der Waals surface area contributed by atoms with Gasteiger partial charge in [-0.2, -0.15) is 13.2 Å². The molecule has 0 radical (unpaired) electrons. The molecule has 0 saturated carbocycles. The summed E-state index contributed by atoms with van der Waals surface area (Å²) in [6, 6.07) is 0. The van der Waals surface area contributed by atoms with Crippen molar-refractivity contribution in [1.82, 2.24) is 4.98 Å². The molecule has 0 unspecified atom stereocenters. The van der Waals surface area contributed by atoms with Crippen LogP contribution in [0.25, 0.3) is 0 Å². The summed E-state index contributed by atoms with van der Waals surface area (Å²) in [6.45, 7) is 0.276. The Balaban J connectivity index is 2.57. The summed E-state index contributed by atoms with van der Waals surface area (Å²) >= 11 is 0.823. The number of nitrogens with zero attached hydrogens (tertiary/aromatic N) is 1. The molecule has 15 heavy (non-hydrogen) atoms. The molecule has 84 valence electrons. The third kappa shape index (κ3) is 3.86. The molecule has 0 aliphatic rings. The van der Waals surface area contributed by atoms with Crippen molar-refractivity contribution in [2.45, 2.75) is 19.5 Å². The van der Waals surface area contributed by atoms with E-state index in [1.807, 2.05) is 0 Å². The predicted molar refractivity (Wildman–Crippen MR) is 48.3 cm³/mol. The first-order chi connectivity index (χ1) is 6.92. The van der Waals surface area contributed by atoms with E-state index in [1.54, 1.807) is 6.92 Å². The van der Waals surface area contributed by atoms with Crippen LogP contribution in [0.1, 0.15) is 23.0 Å². The Bertz CT molecular complexity index is 348. The highest BCUT2D eigenvalue weighted by Crippen LogP contribution is 2.24. The Hall–Kier alpha value is -1.11. The summed E-state index contributed by atoms with van der Waals surface area (Å²) in [7, 11) is 0. The van der Waals surface area contributed by atoms with Crippen molar-refractivity contribution in [1.29, 1.82) is 0 Å². The van der Waals surface area contributed by atoms with E-state index in [2.05, 4.69) is 9.72 Å². The number of Topliss-reactive ketones (excluding diaryl/α,β-unsaturated/α-hetero) is 1. The van der Waals surface area contributed by atoms with E-state index >= 15 is 0 Å². The summed E-state index contributed by atoms with van der Waals surface area (Å²) in [5.74, 6) is -0.158. The second kappa shape index (κ2) is 4.61. The van der Waals surface area contributed by atoms with Crippen LogP contribution in [0.5, 0.6) is 5.19 Å². The second-order valence-corrected chi connectivity index (χ2v) is 3.66. The van der Waals surface area contributed by atoms with Crippen LogP contribution in [-0.2, 0) is 0 Å². The minimum absolute atomic E-state index is 0.135. The molecule has 0 amide bonds. The number of hydrogen-bond donors (Lipinski definition) is 0. The van der Waals surface area contributed by atoms with Gasteiger partial charge < -0.3 is 4.74 Å². The number of rotatable bonds is 4. The second-order valence-electron chi connectivity index (χ2n) is 2.67. The monoisotopic (exact) mass is 239 g/mol. The smallest absolute Gasteiger partial charge is 0.422 e. The van der Waals surface area contributed by atoms with Crippen molar-refractivity contribution in [3.05, 3.63) is 11.1 Å². The van der Waals surface area contributed by atoms with Crippen LogP contribution in [0, 0.1) is 0 Å². The number of aromatic nitrogens is 1. The van der Waals surface area contributed by atoms with E-state index in [0.29, 0.717) is 11.3 Å². The number of carbonyl (C=O) groups excluding carboxylic acids is 1. The molecule has 3 nitrogen and oxygen atoms in total. The molecule has 0 aromatic carbocycles. The van der Waals surface area contributed by atoms with Crippen LogP contribution in [0.3, 0.4) is 0 Å². The van der Waals surface area contributed by atoms with E-state index in [-0.39, 0.29) is 11.0 Å². The van der Waals surface area contributed by atoms with E-state index < -0.39 is 12.8 Å². The van der Waals surface area contributed by atoms with Crippen molar-refractivity contribution in [3.8, 4) is 5.19 Å². The van der Waals surface area contributed by atoms with Gasteiger partial charge >= 0.3 is 6.18 Å². The number of ether oxygens (including phenoxy) is 1. The first kappa shape index (κ1) is 12.0. The van der Waals surface area contributed by atoms with Gasteiger partial charge in [0.25, 0.3) is 5.19 Å². The van der Waals surface area contributed by atoms with Gasteiger partial charge in [-0.1, -0.05) is 18.3 Å². The van der Waals surface area contributed by atoms with Gasteiger partial charge in [0.05, 0.1) is 11.1 Å². The predicted octanol–water partition coefficient (Wildman–Crippen LogP) is 2.68. The highest BCUT2D eigenvalue weighted by atomic mass is 32.1. The Kier molecular flexibility index (Phi) is 3.67. The normalized spacial score (nSPS) is 11.5. The maximum absolute atomic E-state index is 11.8. The molecule has 0 saturated heterocycles. The maximum atomic E-state index is 11.8. The molecule has 1 heterocycles. The van der Waals surface area contributed by atoms with Crippen molar-refractivity contribution in [3.63, 3.8) is 0 Å². The number of alkyl halides is 3. The SMILES string of the molecule is CCC(=O)c1cnc(OCC(F)(F)F)s1. The van der Waals surface area contributed by atoms with Crippen LogP contribution >= 0.6 is 11.3 Å². The molecule has 1 rings (SSSR count). The molecule has 0 aliphatic carbocycles. The molecule has 0 N–H and O–H groups in total.